The van der Waals surface area contributed by atoms with Crippen LogP contribution in [0.2, 0.25) is 0 Å². The topological polar surface area (TPSA) is 198 Å². The van der Waals surface area contributed by atoms with Crippen LogP contribution in [0.15, 0.2) is 45.2 Å². The Morgan fingerprint density at radius 1 is 1.34 bits per heavy atom. The molecule has 4 rings (SSSR count). The molecule has 3 N–H and O–H groups in total. The Kier molecular flexibility index (Phi) is 6.90. The Labute approximate surface area is 193 Å². The number of hydrogen-bond donors (Lipinski definition) is 3. The van der Waals surface area contributed by atoms with E-state index >= 15 is 0 Å². The number of aromatic nitrogens is 2. The SMILES string of the molecule is [N-]=[N+]=N[C@]1(COP2(=O)OCC[C@@H](c3cccc(F)c3F)O2)O[C@@H](n2ccc(=O)[nH]c2=O)[C@H](O)[C@@H]1O. The second-order valence-electron chi connectivity index (χ2n) is 7.58. The largest absolute Gasteiger partial charge is 0.475 e. The molecular formula is C18H18F2N5O9P. The van der Waals surface area contributed by atoms with Gasteiger partial charge < -0.3 is 14.9 Å². The number of phosphoric acid groups is 1. The fraction of sp³-hybridized carbons (Fsp3) is 0.444. The van der Waals surface area contributed by atoms with Crippen LogP contribution in [0, 0.1) is 11.6 Å². The number of nitrogens with zero attached hydrogens (tertiary/aromatic N) is 4. The van der Waals surface area contributed by atoms with E-state index in [1.807, 2.05) is 4.98 Å². The van der Waals surface area contributed by atoms with Gasteiger partial charge in [-0.2, -0.15) is 0 Å². The first-order chi connectivity index (χ1) is 16.6. The van der Waals surface area contributed by atoms with E-state index in [1.54, 1.807) is 0 Å². The Hall–Kier alpha value is -2.94. The van der Waals surface area contributed by atoms with Gasteiger partial charge in [-0.1, -0.05) is 17.2 Å². The van der Waals surface area contributed by atoms with E-state index in [0.717, 1.165) is 22.9 Å². The molecule has 3 heterocycles. The van der Waals surface area contributed by atoms with Crippen LogP contribution in [0.25, 0.3) is 10.4 Å². The van der Waals surface area contributed by atoms with E-state index in [9.17, 15) is 33.1 Å². The number of azide groups is 1. The van der Waals surface area contributed by atoms with Gasteiger partial charge in [-0.05, 0) is 11.6 Å². The van der Waals surface area contributed by atoms with Gasteiger partial charge in [0.25, 0.3) is 5.56 Å². The molecule has 0 spiro atoms. The fourth-order valence-electron chi connectivity index (χ4n) is 3.66. The summed E-state index contributed by atoms with van der Waals surface area (Å²) in [4.78, 5) is 27.9. The Balaban J connectivity index is 1.57. The molecule has 0 radical (unpaired) electrons. The average Bonchev–Trinajstić information content (AvgIpc) is 3.05. The first kappa shape index (κ1) is 25.2. The summed E-state index contributed by atoms with van der Waals surface area (Å²) < 4.78 is 62.5. The Bertz CT molecular complexity index is 1330. The number of rotatable bonds is 6. The van der Waals surface area contributed by atoms with Crippen LogP contribution < -0.4 is 11.2 Å². The molecule has 2 fully saturated rings. The lowest BCUT2D eigenvalue weighted by atomic mass is 10.1. The number of aliphatic hydroxyl groups excluding tert-OH is 2. The zero-order valence-electron chi connectivity index (χ0n) is 17.6. The number of benzene rings is 1. The van der Waals surface area contributed by atoms with Crippen molar-refractivity contribution < 1.29 is 41.9 Å². The quantitative estimate of drug-likeness (QED) is 0.219. The van der Waals surface area contributed by atoms with Gasteiger partial charge in [-0.3, -0.25) is 27.9 Å². The zero-order valence-corrected chi connectivity index (χ0v) is 18.5. The normalized spacial score (nSPS) is 32.8. The van der Waals surface area contributed by atoms with Crippen molar-refractivity contribution in [3.05, 3.63) is 78.9 Å². The van der Waals surface area contributed by atoms with E-state index < -0.39 is 67.6 Å². The monoisotopic (exact) mass is 517 g/mol. The van der Waals surface area contributed by atoms with E-state index in [2.05, 4.69) is 10.0 Å². The van der Waals surface area contributed by atoms with Crippen molar-refractivity contribution >= 4 is 7.82 Å². The minimum Gasteiger partial charge on any atom is -0.387 e. The second-order valence-corrected chi connectivity index (χ2v) is 9.20. The molecule has 6 atom stereocenters. The summed E-state index contributed by atoms with van der Waals surface area (Å²) in [5.74, 6) is -2.35. The summed E-state index contributed by atoms with van der Waals surface area (Å²) in [6, 6.07) is 4.30. The van der Waals surface area contributed by atoms with Gasteiger partial charge in [0.15, 0.2) is 17.9 Å². The molecule has 2 aliphatic rings. The van der Waals surface area contributed by atoms with Gasteiger partial charge in [0, 0.05) is 29.2 Å². The minimum absolute atomic E-state index is 0.00422. The molecule has 0 bridgehead atoms. The van der Waals surface area contributed by atoms with Crippen LogP contribution in [0.5, 0.6) is 0 Å². The highest BCUT2D eigenvalue weighted by molar-refractivity contribution is 7.48. The summed E-state index contributed by atoms with van der Waals surface area (Å²) in [5.41, 5.74) is 4.61. The van der Waals surface area contributed by atoms with Gasteiger partial charge in [0.2, 0.25) is 5.72 Å². The Morgan fingerprint density at radius 2 is 2.11 bits per heavy atom. The van der Waals surface area contributed by atoms with Crippen molar-refractivity contribution in [1.29, 1.82) is 0 Å². The second kappa shape index (κ2) is 9.60. The number of H-pyrrole nitrogens is 1. The van der Waals surface area contributed by atoms with Gasteiger partial charge in [0.1, 0.15) is 12.2 Å². The lowest BCUT2D eigenvalue weighted by molar-refractivity contribution is -0.127. The number of aromatic amines is 1. The number of phosphoric ester groups is 1. The van der Waals surface area contributed by atoms with Gasteiger partial charge >= 0.3 is 13.5 Å². The molecule has 1 aromatic heterocycles. The van der Waals surface area contributed by atoms with Crippen LogP contribution in [0.1, 0.15) is 24.3 Å². The molecule has 0 amide bonds. The maximum atomic E-state index is 14.2. The molecule has 14 nitrogen and oxygen atoms in total. The third-order valence-electron chi connectivity index (χ3n) is 5.39. The predicted octanol–water partition coefficient (Wildman–Crippen LogP) is 1.37. The van der Waals surface area contributed by atoms with E-state index in [4.69, 9.17) is 23.8 Å². The van der Waals surface area contributed by atoms with Gasteiger partial charge in [-0.25, -0.2) is 18.1 Å². The van der Waals surface area contributed by atoms with Crippen molar-refractivity contribution in [2.24, 2.45) is 5.11 Å². The highest BCUT2D eigenvalue weighted by Crippen LogP contribution is 2.58. The highest BCUT2D eigenvalue weighted by atomic mass is 31.2. The number of aliphatic hydroxyl groups is 2. The van der Waals surface area contributed by atoms with Crippen LogP contribution in [0.3, 0.4) is 0 Å². The van der Waals surface area contributed by atoms with E-state index in [-0.39, 0.29) is 18.6 Å². The minimum atomic E-state index is -4.50. The molecule has 188 valence electrons. The Morgan fingerprint density at radius 3 is 2.83 bits per heavy atom. The average molecular weight is 517 g/mol. The van der Waals surface area contributed by atoms with Crippen molar-refractivity contribution in [1.82, 2.24) is 9.55 Å². The van der Waals surface area contributed by atoms with Crippen LogP contribution >= 0.6 is 7.82 Å². The highest BCUT2D eigenvalue weighted by Gasteiger charge is 2.56. The van der Waals surface area contributed by atoms with Crippen molar-refractivity contribution in [2.75, 3.05) is 13.2 Å². The molecule has 0 saturated carbocycles. The van der Waals surface area contributed by atoms with Crippen molar-refractivity contribution in [3.8, 4) is 0 Å². The molecule has 17 heteroatoms. The summed E-state index contributed by atoms with van der Waals surface area (Å²) in [5, 5.41) is 24.3. The zero-order chi connectivity index (χ0) is 25.4. The number of ether oxygens (including phenoxy) is 1. The first-order valence-electron chi connectivity index (χ1n) is 10.0. The number of nitrogens with one attached hydrogen (secondary N) is 1. The lowest BCUT2D eigenvalue weighted by Gasteiger charge is -2.32. The summed E-state index contributed by atoms with van der Waals surface area (Å²) in [7, 11) is -4.50. The van der Waals surface area contributed by atoms with Crippen LogP contribution in [-0.2, 0) is 22.9 Å². The van der Waals surface area contributed by atoms with Crippen LogP contribution in [-0.4, -0.2) is 50.9 Å². The third kappa shape index (κ3) is 4.78. The molecule has 2 aromatic rings. The fourth-order valence-corrected chi connectivity index (χ4v) is 5.06. The molecule has 0 aliphatic carbocycles. The van der Waals surface area contributed by atoms with Crippen molar-refractivity contribution in [2.45, 2.75) is 36.7 Å². The molecule has 1 aromatic carbocycles. The molecule has 1 unspecified atom stereocenters. The molecular weight excluding hydrogens is 499 g/mol. The van der Waals surface area contributed by atoms with Crippen LogP contribution in [0.4, 0.5) is 8.78 Å². The maximum Gasteiger partial charge on any atom is 0.475 e. The number of halogens is 2. The number of hydrogen-bond acceptors (Lipinski definition) is 10. The van der Waals surface area contributed by atoms with E-state index in [0.29, 0.717) is 0 Å². The molecule has 2 saturated heterocycles. The van der Waals surface area contributed by atoms with Crippen molar-refractivity contribution in [3.63, 3.8) is 0 Å². The van der Waals surface area contributed by atoms with Gasteiger partial charge in [0.05, 0.1) is 19.3 Å². The first-order valence-corrected chi connectivity index (χ1v) is 11.5. The summed E-state index contributed by atoms with van der Waals surface area (Å²) >= 11 is 0. The standard InChI is InChI=1S/C18H18F2N5O9P/c19-10-3-1-2-9(13(10)20)11-5-7-31-35(30,34-11)32-8-18(23-24-21)15(28)14(27)16(33-18)25-6-4-12(26)22-17(25)29/h1-4,6,11,14-16,27-28H,5,7-8H2,(H,22,26,29)/t11-,14+,15-,16+,18+,35?/m0/s1. The molecule has 35 heavy (non-hydrogen) atoms. The van der Waals surface area contributed by atoms with Gasteiger partial charge in [-0.15, -0.1) is 0 Å². The predicted molar refractivity (Wildman–Crippen MR) is 110 cm³/mol. The lowest BCUT2D eigenvalue weighted by Crippen LogP contribution is -2.45. The molecule has 2 aliphatic heterocycles. The summed E-state index contributed by atoms with van der Waals surface area (Å²) in [6.45, 7) is -1.24. The maximum absolute atomic E-state index is 14.2. The smallest absolute Gasteiger partial charge is 0.387 e. The van der Waals surface area contributed by atoms with E-state index in [1.165, 1.54) is 12.1 Å². The summed E-state index contributed by atoms with van der Waals surface area (Å²) in [6.07, 6.45) is -5.75. The third-order valence-corrected chi connectivity index (χ3v) is 6.84.